The summed E-state index contributed by atoms with van der Waals surface area (Å²) in [7, 11) is 0. The van der Waals surface area contributed by atoms with Gasteiger partial charge in [-0.3, -0.25) is 0 Å². The Balaban J connectivity index is 1.80. The fourth-order valence-corrected chi connectivity index (χ4v) is 4.42. The van der Waals surface area contributed by atoms with E-state index in [1.54, 1.807) is 0 Å². The van der Waals surface area contributed by atoms with Crippen molar-refractivity contribution in [3.8, 4) is 0 Å². The van der Waals surface area contributed by atoms with Crippen molar-refractivity contribution in [2.24, 2.45) is 0 Å². The van der Waals surface area contributed by atoms with Crippen molar-refractivity contribution in [1.82, 2.24) is 0 Å². The van der Waals surface area contributed by atoms with Crippen molar-refractivity contribution < 1.29 is 0 Å². The molecule has 0 atom stereocenters. The average molecular weight is 330 g/mol. The second-order valence-electron chi connectivity index (χ2n) is 6.95. The molecule has 0 aromatic heterocycles. The van der Waals surface area contributed by atoms with Crippen molar-refractivity contribution in [1.29, 1.82) is 0 Å². The minimum Gasteiger partial charge on any atom is -0.0686 e. The largest absolute Gasteiger partial charge is 0.241 e. The van der Waals surface area contributed by atoms with Crippen LogP contribution in [0.4, 0.5) is 0 Å². The Hall–Kier alpha value is -3.06. The maximum atomic E-state index is 2.30. The average Bonchev–Trinajstić information content (AvgIpc) is 2.73. The molecule has 0 amide bonds. The van der Waals surface area contributed by atoms with E-state index >= 15 is 0 Å². The van der Waals surface area contributed by atoms with Crippen molar-refractivity contribution in [2.75, 3.05) is 0 Å². The Morgan fingerprint density at radius 1 is 0.462 bits per heavy atom. The molecule has 0 aliphatic carbocycles. The Labute approximate surface area is 155 Å². The minimum absolute atomic E-state index is 0.295. The molecule has 0 bridgehead atoms. The monoisotopic (exact) mass is 330 g/mol. The van der Waals surface area contributed by atoms with Gasteiger partial charge in [-0.25, -0.2) is 0 Å². The number of benzene rings is 4. The van der Waals surface area contributed by atoms with Gasteiger partial charge in [0.25, 0.3) is 0 Å². The molecule has 1 aliphatic rings. The first-order chi connectivity index (χ1) is 12.9. The first-order valence-electron chi connectivity index (χ1n) is 9.21. The summed E-state index contributed by atoms with van der Waals surface area (Å²) < 4.78 is 0. The lowest BCUT2D eigenvalue weighted by Crippen LogP contribution is -2.57. The fourth-order valence-electron chi connectivity index (χ4n) is 4.42. The summed E-state index contributed by atoms with van der Waals surface area (Å²) >= 11 is 0. The third kappa shape index (κ3) is 2.40. The van der Waals surface area contributed by atoms with Gasteiger partial charge in [-0.05, 0) is 16.7 Å². The summed E-state index contributed by atoms with van der Waals surface area (Å²) in [5, 5.41) is 0. The molecule has 0 unspecified atom stereocenters. The molecule has 122 valence electrons. The van der Waals surface area contributed by atoms with Gasteiger partial charge in [0.15, 0.2) is 0 Å². The Bertz CT molecular complexity index is 905. The van der Waals surface area contributed by atoms with Crippen LogP contribution in [0, 0.1) is 0 Å². The lowest BCUT2D eigenvalue weighted by molar-refractivity contribution is 0.986. The molecule has 0 radical (unpaired) electrons. The fraction of sp³-hybridized carbons (Fsp3) is 0.0400. The molecule has 5 rings (SSSR count). The zero-order valence-electron chi connectivity index (χ0n) is 14.5. The standard InChI is InChI=1S/C25H19B/c1-3-11-19(12-4-1)25-21-15-7-9-17-23(21)26(20-13-5-2-6-14-20)24-18-10-8-16-22(24)25/h1-18,25H. The molecule has 1 aliphatic heterocycles. The summed E-state index contributed by atoms with van der Waals surface area (Å²) in [6.45, 7) is 0.295. The van der Waals surface area contributed by atoms with Crippen LogP contribution in [0.2, 0.25) is 0 Å². The van der Waals surface area contributed by atoms with E-state index in [9.17, 15) is 0 Å². The molecule has 0 spiro atoms. The van der Waals surface area contributed by atoms with Crippen LogP contribution < -0.4 is 16.4 Å². The molecule has 26 heavy (non-hydrogen) atoms. The molecule has 1 heterocycles. The van der Waals surface area contributed by atoms with Crippen molar-refractivity contribution in [3.05, 3.63) is 126 Å². The number of fused-ring (bicyclic) bond motifs is 2. The molecule has 0 nitrogen and oxygen atoms in total. The summed E-state index contributed by atoms with van der Waals surface area (Å²) in [6.07, 6.45) is 0. The van der Waals surface area contributed by atoms with E-state index in [0.29, 0.717) is 12.6 Å². The zero-order chi connectivity index (χ0) is 17.3. The van der Waals surface area contributed by atoms with Gasteiger partial charge in [-0.15, -0.1) is 0 Å². The first kappa shape index (κ1) is 15.2. The number of hydrogen-bond acceptors (Lipinski definition) is 0. The van der Waals surface area contributed by atoms with Gasteiger partial charge in [0.1, 0.15) is 0 Å². The van der Waals surface area contributed by atoms with Gasteiger partial charge in [0, 0.05) is 5.92 Å². The second-order valence-corrected chi connectivity index (χ2v) is 6.95. The van der Waals surface area contributed by atoms with E-state index in [2.05, 4.69) is 109 Å². The van der Waals surface area contributed by atoms with E-state index in [1.165, 1.54) is 33.1 Å². The van der Waals surface area contributed by atoms with Gasteiger partial charge in [-0.2, -0.15) is 0 Å². The highest BCUT2D eigenvalue weighted by molar-refractivity contribution is 6.96. The second kappa shape index (κ2) is 6.35. The molecular weight excluding hydrogens is 311 g/mol. The van der Waals surface area contributed by atoms with E-state index in [1.807, 2.05) is 0 Å². The predicted molar refractivity (Wildman–Crippen MR) is 111 cm³/mol. The summed E-state index contributed by atoms with van der Waals surface area (Å²) in [5.41, 5.74) is 8.41. The molecule has 0 fully saturated rings. The van der Waals surface area contributed by atoms with Gasteiger partial charge >= 0.3 is 0 Å². The van der Waals surface area contributed by atoms with Crippen LogP contribution in [0.5, 0.6) is 0 Å². The molecule has 4 aromatic carbocycles. The summed E-state index contributed by atoms with van der Waals surface area (Å²) in [6, 6.07) is 39.7. The van der Waals surface area contributed by atoms with Gasteiger partial charge < -0.3 is 0 Å². The number of hydrogen-bond donors (Lipinski definition) is 0. The Kier molecular flexibility index (Phi) is 3.72. The Morgan fingerprint density at radius 2 is 0.923 bits per heavy atom. The lowest BCUT2D eigenvalue weighted by Gasteiger charge is -2.33. The summed E-state index contributed by atoms with van der Waals surface area (Å²) in [5.74, 6) is 0.295. The van der Waals surface area contributed by atoms with Crippen LogP contribution in [-0.4, -0.2) is 6.71 Å². The van der Waals surface area contributed by atoms with Crippen LogP contribution in [0.15, 0.2) is 109 Å². The zero-order valence-corrected chi connectivity index (χ0v) is 14.5. The topological polar surface area (TPSA) is 0 Å². The van der Waals surface area contributed by atoms with Crippen molar-refractivity contribution in [3.63, 3.8) is 0 Å². The first-order valence-corrected chi connectivity index (χ1v) is 9.21. The number of rotatable bonds is 2. The maximum absolute atomic E-state index is 2.30. The normalized spacial score (nSPS) is 13.2. The molecule has 0 N–H and O–H groups in total. The van der Waals surface area contributed by atoms with E-state index in [0.717, 1.165) is 0 Å². The highest BCUT2D eigenvalue weighted by atomic mass is 14.3. The highest BCUT2D eigenvalue weighted by Crippen LogP contribution is 2.33. The van der Waals surface area contributed by atoms with Crippen molar-refractivity contribution >= 4 is 23.1 Å². The minimum atomic E-state index is 0.295. The van der Waals surface area contributed by atoms with E-state index in [-0.39, 0.29) is 0 Å². The molecule has 4 aromatic rings. The summed E-state index contributed by atoms with van der Waals surface area (Å²) in [4.78, 5) is 0. The Morgan fingerprint density at radius 3 is 1.50 bits per heavy atom. The third-order valence-electron chi connectivity index (χ3n) is 5.50. The van der Waals surface area contributed by atoms with E-state index in [4.69, 9.17) is 0 Å². The molecule has 0 saturated heterocycles. The van der Waals surface area contributed by atoms with Crippen LogP contribution in [0.3, 0.4) is 0 Å². The van der Waals surface area contributed by atoms with Crippen LogP contribution in [0.1, 0.15) is 22.6 Å². The smallest absolute Gasteiger partial charge is 0.0686 e. The molecule has 0 saturated carbocycles. The van der Waals surface area contributed by atoms with Crippen molar-refractivity contribution in [2.45, 2.75) is 5.92 Å². The molecular formula is C25H19B. The lowest BCUT2D eigenvalue weighted by atomic mass is 9.32. The SMILES string of the molecule is c1ccc(B2c3ccccc3C(c3ccccc3)c3ccccc32)cc1. The highest BCUT2D eigenvalue weighted by Gasteiger charge is 2.35. The quantitative estimate of drug-likeness (QED) is 0.433. The van der Waals surface area contributed by atoms with Gasteiger partial charge in [0.2, 0.25) is 6.71 Å². The van der Waals surface area contributed by atoms with E-state index < -0.39 is 0 Å². The maximum Gasteiger partial charge on any atom is 0.241 e. The van der Waals surface area contributed by atoms with Crippen LogP contribution >= 0.6 is 0 Å². The third-order valence-corrected chi connectivity index (χ3v) is 5.50. The molecule has 1 heteroatoms. The van der Waals surface area contributed by atoms with Crippen LogP contribution in [-0.2, 0) is 0 Å². The van der Waals surface area contributed by atoms with Crippen LogP contribution in [0.25, 0.3) is 0 Å². The van der Waals surface area contributed by atoms with Gasteiger partial charge in [0.05, 0.1) is 0 Å². The predicted octanol–water partition coefficient (Wildman–Crippen LogP) is 3.70. The van der Waals surface area contributed by atoms with Gasteiger partial charge in [-0.1, -0.05) is 126 Å².